The SMILES string of the molecule is O=C(CNCCO)NC1C2CC3CC(C2)CC1C3. The molecule has 0 radical (unpaired) electrons. The van der Waals surface area contributed by atoms with Crippen LogP contribution in [0, 0.1) is 23.7 Å². The molecule has 4 aliphatic carbocycles. The Hall–Kier alpha value is -0.610. The topological polar surface area (TPSA) is 61.4 Å². The van der Waals surface area contributed by atoms with Gasteiger partial charge in [-0.1, -0.05) is 0 Å². The van der Waals surface area contributed by atoms with Gasteiger partial charge in [0.05, 0.1) is 13.2 Å². The van der Waals surface area contributed by atoms with E-state index in [0.717, 1.165) is 23.7 Å². The maximum Gasteiger partial charge on any atom is 0.234 e. The van der Waals surface area contributed by atoms with E-state index in [1.807, 2.05) is 0 Å². The number of rotatable bonds is 5. The quantitative estimate of drug-likeness (QED) is 0.625. The van der Waals surface area contributed by atoms with Gasteiger partial charge in [-0.15, -0.1) is 0 Å². The van der Waals surface area contributed by atoms with Gasteiger partial charge in [0.25, 0.3) is 0 Å². The van der Waals surface area contributed by atoms with Crippen molar-refractivity contribution in [1.29, 1.82) is 0 Å². The Morgan fingerprint density at radius 2 is 1.67 bits per heavy atom. The Morgan fingerprint density at radius 3 is 2.22 bits per heavy atom. The van der Waals surface area contributed by atoms with Crippen molar-refractivity contribution in [2.45, 2.75) is 38.1 Å². The maximum atomic E-state index is 11.9. The molecule has 0 saturated heterocycles. The van der Waals surface area contributed by atoms with E-state index < -0.39 is 0 Å². The van der Waals surface area contributed by atoms with Gasteiger partial charge in [-0.2, -0.15) is 0 Å². The third-order valence-electron chi connectivity index (χ3n) is 5.13. The zero-order valence-corrected chi connectivity index (χ0v) is 10.9. The van der Waals surface area contributed by atoms with Crippen molar-refractivity contribution in [2.24, 2.45) is 23.7 Å². The van der Waals surface area contributed by atoms with Gasteiger partial charge in [0.2, 0.25) is 5.91 Å². The molecule has 4 bridgehead atoms. The minimum absolute atomic E-state index is 0.0886. The number of aliphatic hydroxyl groups is 1. The molecule has 0 aromatic heterocycles. The molecule has 0 aliphatic heterocycles. The standard InChI is InChI=1S/C14H24N2O2/c17-2-1-15-8-13(18)16-14-11-4-9-3-10(6-11)7-12(14)5-9/h9-12,14-15,17H,1-8H2,(H,16,18). The first-order chi connectivity index (χ1) is 8.76. The fourth-order valence-corrected chi connectivity index (χ4v) is 4.68. The van der Waals surface area contributed by atoms with Crippen LogP contribution in [0.15, 0.2) is 0 Å². The minimum Gasteiger partial charge on any atom is -0.395 e. The van der Waals surface area contributed by atoms with Crippen LogP contribution >= 0.6 is 0 Å². The van der Waals surface area contributed by atoms with E-state index >= 15 is 0 Å². The van der Waals surface area contributed by atoms with E-state index in [4.69, 9.17) is 5.11 Å². The van der Waals surface area contributed by atoms with Crippen LogP contribution in [0.4, 0.5) is 0 Å². The van der Waals surface area contributed by atoms with E-state index in [9.17, 15) is 4.79 Å². The van der Waals surface area contributed by atoms with E-state index in [2.05, 4.69) is 10.6 Å². The highest BCUT2D eigenvalue weighted by atomic mass is 16.3. The van der Waals surface area contributed by atoms with Crippen molar-refractivity contribution in [1.82, 2.24) is 10.6 Å². The summed E-state index contributed by atoms with van der Waals surface area (Å²) in [5.41, 5.74) is 0. The van der Waals surface area contributed by atoms with Gasteiger partial charge in [-0.25, -0.2) is 0 Å². The molecule has 4 nitrogen and oxygen atoms in total. The van der Waals surface area contributed by atoms with Crippen LogP contribution in [0.1, 0.15) is 32.1 Å². The number of hydrogen-bond donors (Lipinski definition) is 3. The minimum atomic E-state index is 0.0886. The number of hydrogen-bond acceptors (Lipinski definition) is 3. The monoisotopic (exact) mass is 252 g/mol. The lowest BCUT2D eigenvalue weighted by molar-refractivity contribution is -0.124. The summed E-state index contributed by atoms with van der Waals surface area (Å²) in [5, 5.41) is 14.9. The van der Waals surface area contributed by atoms with Crippen molar-refractivity contribution < 1.29 is 9.90 Å². The molecule has 0 aromatic carbocycles. The fraction of sp³-hybridized carbons (Fsp3) is 0.929. The molecule has 4 heteroatoms. The number of carbonyl (C=O) groups is 1. The molecule has 0 aromatic rings. The van der Waals surface area contributed by atoms with Crippen LogP contribution in [0.3, 0.4) is 0 Å². The maximum absolute atomic E-state index is 11.9. The van der Waals surface area contributed by atoms with Crippen molar-refractivity contribution in [3.8, 4) is 0 Å². The summed E-state index contributed by atoms with van der Waals surface area (Å²) in [6, 6.07) is 0.432. The van der Waals surface area contributed by atoms with Gasteiger partial charge in [-0.3, -0.25) is 4.79 Å². The lowest BCUT2D eigenvalue weighted by Crippen LogP contribution is -2.56. The Labute approximate surface area is 109 Å². The van der Waals surface area contributed by atoms with Crippen LogP contribution in [0.5, 0.6) is 0 Å². The van der Waals surface area contributed by atoms with Gasteiger partial charge >= 0.3 is 0 Å². The zero-order valence-electron chi connectivity index (χ0n) is 10.9. The average molecular weight is 252 g/mol. The van der Waals surface area contributed by atoms with Crippen molar-refractivity contribution >= 4 is 5.91 Å². The highest BCUT2D eigenvalue weighted by molar-refractivity contribution is 5.78. The molecule has 4 fully saturated rings. The molecule has 1 amide bonds. The van der Waals surface area contributed by atoms with Crippen molar-refractivity contribution in [3.05, 3.63) is 0 Å². The second kappa shape index (κ2) is 5.17. The van der Waals surface area contributed by atoms with E-state index in [1.54, 1.807) is 0 Å². The molecule has 4 saturated carbocycles. The third kappa shape index (κ3) is 2.41. The van der Waals surface area contributed by atoms with Gasteiger partial charge < -0.3 is 15.7 Å². The van der Waals surface area contributed by atoms with E-state index in [1.165, 1.54) is 32.1 Å². The highest BCUT2D eigenvalue weighted by Crippen LogP contribution is 2.53. The molecule has 0 unspecified atom stereocenters. The molecule has 0 atom stereocenters. The largest absolute Gasteiger partial charge is 0.395 e. The van der Waals surface area contributed by atoms with Gasteiger partial charge in [0.15, 0.2) is 0 Å². The molecule has 4 rings (SSSR count). The van der Waals surface area contributed by atoms with Crippen LogP contribution in [-0.4, -0.2) is 36.8 Å². The van der Waals surface area contributed by atoms with Crippen LogP contribution < -0.4 is 10.6 Å². The summed E-state index contributed by atoms with van der Waals surface area (Å²) in [6.45, 7) is 0.920. The molecule has 0 heterocycles. The summed E-state index contributed by atoms with van der Waals surface area (Å²) >= 11 is 0. The van der Waals surface area contributed by atoms with Crippen LogP contribution in [0.2, 0.25) is 0 Å². The van der Waals surface area contributed by atoms with Crippen molar-refractivity contribution in [2.75, 3.05) is 19.7 Å². The smallest absolute Gasteiger partial charge is 0.234 e. The molecule has 102 valence electrons. The molecule has 18 heavy (non-hydrogen) atoms. The van der Waals surface area contributed by atoms with Gasteiger partial charge in [0.1, 0.15) is 0 Å². The fourth-order valence-electron chi connectivity index (χ4n) is 4.68. The zero-order chi connectivity index (χ0) is 12.5. The van der Waals surface area contributed by atoms with Crippen LogP contribution in [0.25, 0.3) is 0 Å². The molecule has 3 N–H and O–H groups in total. The third-order valence-corrected chi connectivity index (χ3v) is 5.13. The van der Waals surface area contributed by atoms with Gasteiger partial charge in [-0.05, 0) is 55.8 Å². The Bertz CT molecular complexity index is 291. The summed E-state index contributed by atoms with van der Waals surface area (Å²) in [5.74, 6) is 3.48. The first-order valence-electron chi connectivity index (χ1n) is 7.37. The average Bonchev–Trinajstić information content (AvgIpc) is 2.33. The van der Waals surface area contributed by atoms with E-state index in [-0.39, 0.29) is 12.5 Å². The lowest BCUT2D eigenvalue weighted by Gasteiger charge is -2.54. The second-order valence-electron chi connectivity index (χ2n) is 6.42. The Balaban J connectivity index is 1.52. The summed E-state index contributed by atoms with van der Waals surface area (Å²) in [4.78, 5) is 11.9. The number of nitrogens with one attached hydrogen (secondary N) is 2. The summed E-state index contributed by atoms with van der Waals surface area (Å²) in [6.07, 6.45) is 6.79. The van der Waals surface area contributed by atoms with E-state index in [0.29, 0.717) is 19.1 Å². The van der Waals surface area contributed by atoms with Gasteiger partial charge in [0, 0.05) is 12.6 Å². The predicted octanol–water partition coefficient (Wildman–Crippen LogP) is 0.509. The molecular formula is C14H24N2O2. The number of amides is 1. The first kappa shape index (κ1) is 12.4. The summed E-state index contributed by atoms with van der Waals surface area (Å²) in [7, 11) is 0. The molecule has 4 aliphatic rings. The normalized spacial score (nSPS) is 41.1. The molecule has 0 spiro atoms. The highest BCUT2D eigenvalue weighted by Gasteiger charge is 2.48. The number of carbonyl (C=O) groups excluding carboxylic acids is 1. The number of aliphatic hydroxyl groups excluding tert-OH is 1. The Kier molecular flexibility index (Phi) is 3.57. The Morgan fingerprint density at radius 1 is 1.06 bits per heavy atom. The molecular weight excluding hydrogens is 228 g/mol. The predicted molar refractivity (Wildman–Crippen MR) is 68.9 cm³/mol. The first-order valence-corrected chi connectivity index (χ1v) is 7.37. The van der Waals surface area contributed by atoms with Crippen LogP contribution in [-0.2, 0) is 4.79 Å². The lowest BCUT2D eigenvalue weighted by atomic mass is 9.54. The second-order valence-corrected chi connectivity index (χ2v) is 6.42. The summed E-state index contributed by atoms with van der Waals surface area (Å²) < 4.78 is 0. The van der Waals surface area contributed by atoms with Crippen molar-refractivity contribution in [3.63, 3.8) is 0 Å².